The highest BCUT2D eigenvalue weighted by Crippen LogP contribution is 2.42. The van der Waals surface area contributed by atoms with E-state index in [0.717, 1.165) is 29.5 Å². The van der Waals surface area contributed by atoms with E-state index in [0.29, 0.717) is 40.8 Å². The summed E-state index contributed by atoms with van der Waals surface area (Å²) in [5.41, 5.74) is 8.96. The third-order valence-electron chi connectivity index (χ3n) is 5.53. The minimum Gasteiger partial charge on any atom is -0.494 e. The molecule has 30 heavy (non-hydrogen) atoms. The second kappa shape index (κ2) is 8.27. The van der Waals surface area contributed by atoms with Gasteiger partial charge in [0.2, 0.25) is 0 Å². The van der Waals surface area contributed by atoms with E-state index in [2.05, 4.69) is 15.3 Å². The lowest BCUT2D eigenvalue weighted by atomic mass is 9.85. The maximum atomic E-state index is 10.9. The Labute approximate surface area is 177 Å². The highest BCUT2D eigenvalue weighted by atomic mass is 32.1. The van der Waals surface area contributed by atoms with Gasteiger partial charge in [-0.2, -0.15) is 0 Å². The molecule has 2 aromatic heterocycles. The normalized spacial score (nSPS) is 15.6. The maximum absolute atomic E-state index is 10.9. The van der Waals surface area contributed by atoms with Gasteiger partial charge in [-0.05, 0) is 43.2 Å². The van der Waals surface area contributed by atoms with E-state index in [4.69, 9.17) is 21.0 Å². The zero-order valence-electron chi connectivity index (χ0n) is 16.6. The minimum absolute atomic E-state index is 0.212. The molecule has 9 heteroatoms. The average molecular weight is 426 g/mol. The van der Waals surface area contributed by atoms with Crippen LogP contribution in [-0.4, -0.2) is 34.4 Å². The molecule has 1 aliphatic carbocycles. The molecule has 0 aliphatic heterocycles. The predicted molar refractivity (Wildman–Crippen MR) is 118 cm³/mol. The number of hydrogen-bond donors (Lipinski definition) is 4. The van der Waals surface area contributed by atoms with Gasteiger partial charge in [-0.15, -0.1) is 11.3 Å². The minimum atomic E-state index is -0.740. The number of methoxy groups -OCH3 is 1. The van der Waals surface area contributed by atoms with Gasteiger partial charge in [0.05, 0.1) is 18.2 Å². The smallest absolute Gasteiger partial charge is 0.303 e. The number of rotatable bonds is 7. The van der Waals surface area contributed by atoms with E-state index in [1.165, 1.54) is 23.0 Å². The number of ether oxygens (including phenoxy) is 1. The second-order valence-corrected chi connectivity index (χ2v) is 8.48. The summed E-state index contributed by atoms with van der Waals surface area (Å²) in [4.78, 5) is 22.0. The number of carboxylic acid groups (broad SMARTS) is 1. The Balaban J connectivity index is 1.69. The Hall–Kier alpha value is -3.20. The number of hydrogen-bond acceptors (Lipinski definition) is 8. The summed E-state index contributed by atoms with van der Waals surface area (Å²) in [6, 6.07) is 3.47. The summed E-state index contributed by atoms with van der Waals surface area (Å²) >= 11 is 1.66. The third kappa shape index (κ3) is 3.80. The molecule has 0 saturated carbocycles. The quantitative estimate of drug-likeness (QED) is 0.332. The first-order valence-corrected chi connectivity index (χ1v) is 10.5. The number of aromatic nitrogens is 2. The van der Waals surface area contributed by atoms with Crippen LogP contribution in [0.2, 0.25) is 0 Å². The summed E-state index contributed by atoms with van der Waals surface area (Å²) in [7, 11) is 1.57. The van der Waals surface area contributed by atoms with Gasteiger partial charge < -0.3 is 26.3 Å². The van der Waals surface area contributed by atoms with Crippen LogP contribution in [0.15, 0.2) is 18.5 Å². The molecule has 156 valence electrons. The van der Waals surface area contributed by atoms with Gasteiger partial charge in [-0.1, -0.05) is 0 Å². The number of carbonyl (C=O) groups is 1. The molecule has 1 aromatic carbocycles. The first-order valence-electron chi connectivity index (χ1n) is 9.72. The van der Waals surface area contributed by atoms with E-state index in [1.54, 1.807) is 30.6 Å². The number of nitrogens with two attached hydrogens (primary N) is 1. The molecule has 8 nitrogen and oxygen atoms in total. The molecule has 1 unspecified atom stereocenters. The summed E-state index contributed by atoms with van der Waals surface area (Å²) in [6.45, 7) is 0. The number of anilines is 3. The molecule has 0 spiro atoms. The van der Waals surface area contributed by atoms with Crippen molar-refractivity contribution in [1.29, 1.82) is 5.41 Å². The predicted octanol–water partition coefficient (Wildman–Crippen LogP) is 3.99. The zero-order valence-corrected chi connectivity index (χ0v) is 17.4. The highest BCUT2D eigenvalue weighted by Gasteiger charge is 2.25. The van der Waals surface area contributed by atoms with Gasteiger partial charge in [0.1, 0.15) is 22.7 Å². The van der Waals surface area contributed by atoms with Crippen LogP contribution >= 0.6 is 11.3 Å². The molecule has 0 saturated heterocycles. The summed E-state index contributed by atoms with van der Waals surface area (Å²) in [5.74, 6) is 0.915. The first kappa shape index (κ1) is 20.1. The van der Waals surface area contributed by atoms with Crippen molar-refractivity contribution >= 4 is 50.9 Å². The first-order chi connectivity index (χ1) is 14.5. The Morgan fingerprint density at radius 3 is 3.03 bits per heavy atom. The average Bonchev–Trinajstić information content (AvgIpc) is 3.11. The lowest BCUT2D eigenvalue weighted by molar-refractivity contribution is -0.137. The maximum Gasteiger partial charge on any atom is 0.303 e. The Kier molecular flexibility index (Phi) is 5.54. The molecule has 1 aliphatic rings. The van der Waals surface area contributed by atoms with Crippen LogP contribution in [-0.2, 0) is 17.6 Å². The fourth-order valence-electron chi connectivity index (χ4n) is 3.98. The molecule has 3 aromatic rings. The largest absolute Gasteiger partial charge is 0.494 e. The lowest BCUT2D eigenvalue weighted by Gasteiger charge is -2.22. The van der Waals surface area contributed by atoms with Crippen LogP contribution in [0.5, 0.6) is 5.75 Å². The van der Waals surface area contributed by atoms with E-state index < -0.39 is 5.97 Å². The molecule has 4 rings (SSSR count). The van der Waals surface area contributed by atoms with E-state index in [-0.39, 0.29) is 6.42 Å². The van der Waals surface area contributed by atoms with Crippen molar-refractivity contribution in [3.63, 3.8) is 0 Å². The zero-order chi connectivity index (χ0) is 21.3. The van der Waals surface area contributed by atoms with Crippen molar-refractivity contribution in [3.05, 3.63) is 34.5 Å². The van der Waals surface area contributed by atoms with Gasteiger partial charge >= 0.3 is 5.97 Å². The molecule has 0 amide bonds. The summed E-state index contributed by atoms with van der Waals surface area (Å²) in [5, 5.41) is 20.9. The number of nitrogen functional groups attached to an aromatic ring is 1. The Bertz CT molecular complexity index is 1130. The van der Waals surface area contributed by atoms with E-state index in [9.17, 15) is 4.79 Å². The van der Waals surface area contributed by atoms with E-state index >= 15 is 0 Å². The number of thiophene rings is 1. The number of aliphatic carboxylic acids is 1. The fourth-order valence-corrected chi connectivity index (χ4v) is 5.28. The van der Waals surface area contributed by atoms with Crippen molar-refractivity contribution in [2.75, 3.05) is 18.2 Å². The Morgan fingerprint density at radius 2 is 2.30 bits per heavy atom. The van der Waals surface area contributed by atoms with Crippen LogP contribution in [0, 0.1) is 11.3 Å². The second-order valence-electron chi connectivity index (χ2n) is 7.40. The number of nitrogens with zero attached hydrogens (tertiary/aromatic N) is 2. The summed E-state index contributed by atoms with van der Waals surface area (Å²) in [6.07, 6.45) is 6.38. The van der Waals surface area contributed by atoms with Crippen LogP contribution in [0.1, 0.15) is 35.3 Å². The SMILES string of the molecule is COc1cc(N)c(C=N)cc1Nc1ncnc2sc3c(c12)CCC(CCC(=O)O)C3. The van der Waals surface area contributed by atoms with E-state index in [1.807, 2.05) is 0 Å². The number of benzene rings is 1. The standard InChI is InChI=1S/C21H23N5O3S/c1-29-16-8-14(23)12(9-22)7-15(16)26-20-19-13-4-2-11(3-5-18(27)28)6-17(13)30-21(19)25-10-24-20/h7-11,22H,2-6,23H2,1H3,(H,27,28)(H,24,25,26). The monoisotopic (exact) mass is 425 g/mol. The fraction of sp³-hybridized carbons (Fsp3) is 0.333. The molecule has 0 radical (unpaired) electrons. The molecular weight excluding hydrogens is 402 g/mol. The van der Waals surface area contributed by atoms with Gasteiger partial charge in [0, 0.05) is 34.8 Å². The van der Waals surface area contributed by atoms with Crippen molar-refractivity contribution in [2.24, 2.45) is 5.92 Å². The van der Waals surface area contributed by atoms with Gasteiger partial charge in [0.15, 0.2) is 0 Å². The third-order valence-corrected chi connectivity index (χ3v) is 6.69. The number of fused-ring (bicyclic) bond motifs is 3. The van der Waals surface area contributed by atoms with Crippen LogP contribution < -0.4 is 15.8 Å². The highest BCUT2D eigenvalue weighted by molar-refractivity contribution is 7.19. The van der Waals surface area contributed by atoms with Crippen molar-refractivity contribution in [1.82, 2.24) is 9.97 Å². The van der Waals surface area contributed by atoms with Crippen molar-refractivity contribution in [3.8, 4) is 5.75 Å². The number of carboxylic acids is 1. The molecule has 2 heterocycles. The van der Waals surface area contributed by atoms with Crippen LogP contribution in [0.4, 0.5) is 17.2 Å². The van der Waals surface area contributed by atoms with Crippen molar-refractivity contribution in [2.45, 2.75) is 32.1 Å². The van der Waals surface area contributed by atoms with Gasteiger partial charge in [-0.25, -0.2) is 9.97 Å². The summed E-state index contributed by atoms with van der Waals surface area (Å²) < 4.78 is 5.46. The molecule has 0 bridgehead atoms. The van der Waals surface area contributed by atoms with Gasteiger partial charge in [0.25, 0.3) is 0 Å². The number of aryl methyl sites for hydroxylation is 1. The van der Waals surface area contributed by atoms with Crippen molar-refractivity contribution < 1.29 is 14.6 Å². The lowest BCUT2D eigenvalue weighted by Crippen LogP contribution is -2.14. The van der Waals surface area contributed by atoms with Gasteiger partial charge in [-0.3, -0.25) is 4.79 Å². The van der Waals surface area contributed by atoms with Crippen LogP contribution in [0.25, 0.3) is 10.2 Å². The number of nitrogens with one attached hydrogen (secondary N) is 2. The Morgan fingerprint density at radius 1 is 1.47 bits per heavy atom. The molecule has 0 fully saturated rings. The topological polar surface area (TPSA) is 134 Å². The molecule has 1 atom stereocenters. The van der Waals surface area contributed by atoms with Crippen LogP contribution in [0.3, 0.4) is 0 Å². The molecular formula is C21H23N5O3S. The molecule has 5 N–H and O–H groups in total.